The number of halogens is 5. The summed E-state index contributed by atoms with van der Waals surface area (Å²) in [5, 5.41) is 1.36. The second-order valence-electron chi connectivity index (χ2n) is 7.41. The van der Waals surface area contributed by atoms with Crippen molar-refractivity contribution in [2.45, 2.75) is 53.0 Å². The Morgan fingerprint density at radius 1 is 1.19 bits per heavy atom. The van der Waals surface area contributed by atoms with Gasteiger partial charge in [0.15, 0.2) is 6.29 Å². The van der Waals surface area contributed by atoms with E-state index < -0.39 is 41.7 Å². The molecule has 1 saturated heterocycles. The summed E-state index contributed by atoms with van der Waals surface area (Å²) in [7, 11) is 0. The molecule has 2 aromatic heterocycles. The van der Waals surface area contributed by atoms with Gasteiger partial charge in [-0.25, -0.2) is 8.78 Å². The lowest BCUT2D eigenvalue weighted by molar-refractivity contribution is -0.140. The van der Waals surface area contributed by atoms with Crippen LogP contribution in [0.4, 0.5) is 22.0 Å². The number of thiophene rings is 1. The minimum Gasteiger partial charge on any atom is -0.338 e. The third-order valence-electron chi connectivity index (χ3n) is 5.32. The molecule has 0 bridgehead atoms. The van der Waals surface area contributed by atoms with Gasteiger partial charge in [-0.05, 0) is 24.1 Å². The first-order valence-electron chi connectivity index (χ1n) is 11.5. The number of carbonyl (C=O) groups excluding carboxylic acids is 2. The van der Waals surface area contributed by atoms with Crippen LogP contribution >= 0.6 is 11.3 Å². The van der Waals surface area contributed by atoms with E-state index in [-0.39, 0.29) is 46.3 Å². The van der Waals surface area contributed by atoms with Crippen LogP contribution in [0.1, 0.15) is 50.0 Å². The van der Waals surface area contributed by atoms with E-state index in [9.17, 15) is 36.3 Å². The summed E-state index contributed by atoms with van der Waals surface area (Å²) in [5.41, 5.74) is -2.06. The zero-order chi connectivity index (χ0) is 27.2. The molecule has 0 saturated carbocycles. The van der Waals surface area contributed by atoms with Crippen molar-refractivity contribution < 1.29 is 31.5 Å². The maximum atomic E-state index is 13.7. The van der Waals surface area contributed by atoms with E-state index in [2.05, 4.69) is 0 Å². The van der Waals surface area contributed by atoms with Crippen LogP contribution in [0.3, 0.4) is 0 Å². The Kier molecular flexibility index (Phi) is 9.92. The normalized spacial score (nSPS) is 15.1. The molecule has 36 heavy (non-hydrogen) atoms. The Balaban J connectivity index is 0.00000109. The molecule has 4 rings (SSSR count). The lowest BCUT2D eigenvalue weighted by Crippen LogP contribution is -2.35. The summed E-state index contributed by atoms with van der Waals surface area (Å²) in [4.78, 5) is 38.5. The van der Waals surface area contributed by atoms with Crippen molar-refractivity contribution in [2.24, 2.45) is 0 Å². The number of rotatable bonds is 4. The monoisotopic (exact) mass is 530 g/mol. The Hall–Kier alpha value is -3.08. The lowest BCUT2D eigenvalue weighted by atomic mass is 10.0. The molecule has 0 aliphatic carbocycles. The second-order valence-corrected chi connectivity index (χ2v) is 8.29. The average Bonchev–Trinajstić information content (AvgIpc) is 3.50. The van der Waals surface area contributed by atoms with E-state index >= 15 is 0 Å². The van der Waals surface area contributed by atoms with Crippen LogP contribution in [0.2, 0.25) is 0 Å². The third kappa shape index (κ3) is 6.00. The summed E-state index contributed by atoms with van der Waals surface area (Å²) in [5.74, 6) is -1.96. The number of aldehydes is 1. The third-order valence-corrected chi connectivity index (χ3v) is 6.35. The number of benzene rings is 1. The molecular formula is C25H27F5N2O3S. The van der Waals surface area contributed by atoms with Gasteiger partial charge in [0.25, 0.3) is 5.56 Å². The minimum absolute atomic E-state index is 0.0445. The predicted octanol–water partition coefficient (Wildman–Crippen LogP) is 6.32. The van der Waals surface area contributed by atoms with Gasteiger partial charge in [0.1, 0.15) is 18.5 Å². The first kappa shape index (κ1) is 29.2. The van der Waals surface area contributed by atoms with Crippen molar-refractivity contribution in [3.8, 4) is 11.1 Å². The Morgan fingerprint density at radius 2 is 1.86 bits per heavy atom. The number of likely N-dealkylation sites (tertiary alicyclic amines) is 1. The van der Waals surface area contributed by atoms with Gasteiger partial charge in [-0.1, -0.05) is 33.8 Å². The van der Waals surface area contributed by atoms with E-state index in [1.807, 2.05) is 27.7 Å². The number of amides is 1. The fraction of sp³-hybridized carbons (Fsp3) is 0.400. The van der Waals surface area contributed by atoms with Crippen LogP contribution in [0, 0.1) is 5.82 Å². The van der Waals surface area contributed by atoms with E-state index in [0.29, 0.717) is 18.4 Å². The molecule has 0 N–H and O–H groups in total. The van der Waals surface area contributed by atoms with Crippen molar-refractivity contribution in [3.63, 3.8) is 0 Å². The van der Waals surface area contributed by atoms with Crippen LogP contribution < -0.4 is 5.56 Å². The minimum atomic E-state index is -4.93. The van der Waals surface area contributed by atoms with Gasteiger partial charge in [-0.3, -0.25) is 14.4 Å². The fourth-order valence-corrected chi connectivity index (χ4v) is 4.77. The lowest BCUT2D eigenvalue weighted by Gasteiger charge is -2.16. The Bertz CT molecular complexity index is 1280. The Labute approximate surface area is 209 Å². The molecule has 1 aliphatic heterocycles. The number of nitrogens with zero attached hydrogens (tertiary/aromatic N) is 2. The number of hydrogen-bond donors (Lipinski definition) is 0. The first-order chi connectivity index (χ1) is 17.1. The highest BCUT2D eigenvalue weighted by Gasteiger charge is 2.34. The molecule has 3 heterocycles. The van der Waals surface area contributed by atoms with Gasteiger partial charge in [0.05, 0.1) is 22.2 Å². The smallest absolute Gasteiger partial charge is 0.338 e. The largest absolute Gasteiger partial charge is 0.419 e. The molecule has 1 amide bonds. The average molecular weight is 531 g/mol. The van der Waals surface area contributed by atoms with Gasteiger partial charge < -0.3 is 9.47 Å². The summed E-state index contributed by atoms with van der Waals surface area (Å²) < 4.78 is 67.8. The predicted molar refractivity (Wildman–Crippen MR) is 131 cm³/mol. The fourth-order valence-electron chi connectivity index (χ4n) is 3.73. The highest BCUT2D eigenvalue weighted by atomic mass is 32.1. The van der Waals surface area contributed by atoms with Gasteiger partial charge >= 0.3 is 6.18 Å². The molecule has 1 aliphatic rings. The topological polar surface area (TPSA) is 59.4 Å². The molecule has 11 heteroatoms. The van der Waals surface area contributed by atoms with Gasteiger partial charge in [0.2, 0.25) is 5.91 Å². The molecule has 1 atom stereocenters. The van der Waals surface area contributed by atoms with Crippen LogP contribution in [0.15, 0.2) is 34.6 Å². The molecule has 196 valence electrons. The number of aromatic nitrogens is 1. The van der Waals surface area contributed by atoms with Crippen molar-refractivity contribution in [3.05, 3.63) is 57.1 Å². The molecule has 0 radical (unpaired) electrons. The number of carbonyl (C=O) groups is 2. The molecular weight excluding hydrogens is 503 g/mol. The van der Waals surface area contributed by atoms with Crippen molar-refractivity contribution in [2.75, 3.05) is 13.1 Å². The molecule has 3 aromatic rings. The SMILES string of the molecule is CC.CC.O=Cc1cn(CC(=O)N2CCC(F)C2)c(=O)c2c(-c3ccc(F)c(C(F)(F)F)c3)csc12. The summed E-state index contributed by atoms with van der Waals surface area (Å²) in [6.45, 7) is 7.67. The zero-order valence-electron chi connectivity index (χ0n) is 20.3. The summed E-state index contributed by atoms with van der Waals surface area (Å²) >= 11 is 0.980. The van der Waals surface area contributed by atoms with Crippen LogP contribution in [-0.2, 0) is 17.5 Å². The van der Waals surface area contributed by atoms with Crippen molar-refractivity contribution >= 4 is 33.6 Å². The summed E-state index contributed by atoms with van der Waals surface area (Å²) in [6, 6.07) is 2.37. The van der Waals surface area contributed by atoms with Gasteiger partial charge in [0, 0.05) is 29.2 Å². The molecule has 0 spiro atoms. The molecule has 1 fully saturated rings. The van der Waals surface area contributed by atoms with Crippen LogP contribution in [0.25, 0.3) is 21.2 Å². The highest BCUT2D eigenvalue weighted by Crippen LogP contribution is 2.38. The standard InChI is InChI=1S/C21H15F5N2O3S.2C2H6/c22-13-3-4-27(7-13)17(30)8-28-6-12(9-29)19-18(20(28)31)14(10-32-19)11-1-2-16(23)15(5-11)21(24,25)26;2*1-2/h1-2,5-6,9-10,13H,3-4,7-8H2;2*1-2H3. The van der Waals surface area contributed by atoms with E-state index in [0.717, 1.165) is 22.0 Å². The number of pyridine rings is 1. The maximum Gasteiger partial charge on any atom is 0.419 e. The van der Waals surface area contributed by atoms with Gasteiger partial charge in [-0.15, -0.1) is 11.3 Å². The van der Waals surface area contributed by atoms with E-state index in [1.54, 1.807) is 0 Å². The van der Waals surface area contributed by atoms with Crippen molar-refractivity contribution in [1.82, 2.24) is 9.47 Å². The maximum absolute atomic E-state index is 13.7. The summed E-state index contributed by atoms with van der Waals surface area (Å²) in [6.07, 6.45) is -4.21. The van der Waals surface area contributed by atoms with E-state index in [4.69, 9.17) is 0 Å². The number of hydrogen-bond acceptors (Lipinski definition) is 4. The first-order valence-corrected chi connectivity index (χ1v) is 12.4. The number of fused-ring (bicyclic) bond motifs is 1. The van der Waals surface area contributed by atoms with E-state index in [1.165, 1.54) is 16.5 Å². The molecule has 1 aromatic carbocycles. The van der Waals surface area contributed by atoms with Crippen LogP contribution in [-0.4, -0.2) is 40.9 Å². The molecule has 5 nitrogen and oxygen atoms in total. The zero-order valence-corrected chi connectivity index (χ0v) is 21.1. The quantitative estimate of drug-likeness (QED) is 0.293. The Morgan fingerprint density at radius 3 is 2.42 bits per heavy atom. The van der Waals surface area contributed by atoms with Crippen LogP contribution in [0.5, 0.6) is 0 Å². The molecule has 1 unspecified atom stereocenters. The number of alkyl halides is 4. The van der Waals surface area contributed by atoms with Gasteiger partial charge in [-0.2, -0.15) is 13.2 Å². The second kappa shape index (κ2) is 12.2. The van der Waals surface area contributed by atoms with Crippen molar-refractivity contribution in [1.29, 1.82) is 0 Å². The highest BCUT2D eigenvalue weighted by molar-refractivity contribution is 7.18.